The molecule has 0 unspecified atom stereocenters. The first-order valence-corrected chi connectivity index (χ1v) is 6.11. The lowest BCUT2D eigenvalue weighted by Gasteiger charge is -2.24. The molecule has 0 amide bonds. The second kappa shape index (κ2) is 4.42. The van der Waals surface area contributed by atoms with E-state index in [1.54, 1.807) is 0 Å². The fraction of sp³-hybridized carbons (Fsp3) is 0.455. The van der Waals surface area contributed by atoms with Gasteiger partial charge in [0.25, 0.3) is 0 Å². The Labute approximate surface area is 104 Å². The highest BCUT2D eigenvalue weighted by Crippen LogP contribution is 2.37. The van der Waals surface area contributed by atoms with Crippen LogP contribution < -0.4 is 0 Å². The van der Waals surface area contributed by atoms with Gasteiger partial charge >= 0.3 is 0 Å². The molecule has 0 saturated heterocycles. The highest BCUT2D eigenvalue weighted by molar-refractivity contribution is 9.10. The number of benzene rings is 1. The van der Waals surface area contributed by atoms with E-state index in [1.807, 2.05) is 12.1 Å². The molecule has 0 aromatic heterocycles. The van der Waals surface area contributed by atoms with Gasteiger partial charge in [-0.3, -0.25) is 0 Å². The van der Waals surface area contributed by atoms with Crippen molar-refractivity contribution in [2.24, 2.45) is 0 Å². The molecule has 0 radical (unpaired) electrons. The quantitative estimate of drug-likeness (QED) is 0.629. The molecule has 1 aromatic rings. The van der Waals surface area contributed by atoms with Gasteiger partial charge in [-0.25, -0.2) is 0 Å². The summed E-state index contributed by atoms with van der Waals surface area (Å²) in [7, 11) is 0. The predicted octanol–water partition coefficient (Wildman–Crippen LogP) is 5.14. The molecule has 1 aromatic carbocycles. The van der Waals surface area contributed by atoms with Crippen molar-refractivity contribution in [3.63, 3.8) is 0 Å². The molecule has 0 aliphatic rings. The van der Waals surface area contributed by atoms with Gasteiger partial charge in [-0.1, -0.05) is 38.4 Å². The lowest BCUT2D eigenvalue weighted by molar-refractivity contribution is 0.582. The number of halogens is 3. The van der Waals surface area contributed by atoms with E-state index in [1.165, 1.54) is 5.56 Å². The Hall–Kier alpha value is 0.280. The van der Waals surface area contributed by atoms with Crippen molar-refractivity contribution in [2.75, 3.05) is 0 Å². The summed E-state index contributed by atoms with van der Waals surface area (Å²) < 4.78 is 0.963. The fourth-order valence-corrected chi connectivity index (χ4v) is 2.87. The lowest BCUT2D eigenvalue weighted by atomic mass is 9.84. The molecular formula is C11H13BrCl2. The first-order chi connectivity index (χ1) is 6.38. The standard InChI is InChI=1S/C11H13BrCl2/c1-11(2,3)9-7(6-13)4-5-8(14)10(9)12/h4-5H,6H2,1-3H3. The average molecular weight is 296 g/mol. The molecule has 0 spiro atoms. The van der Waals surface area contributed by atoms with Crippen molar-refractivity contribution in [1.29, 1.82) is 0 Å². The van der Waals surface area contributed by atoms with Gasteiger partial charge < -0.3 is 0 Å². The van der Waals surface area contributed by atoms with Gasteiger partial charge in [0.15, 0.2) is 0 Å². The Morgan fingerprint density at radius 3 is 2.29 bits per heavy atom. The van der Waals surface area contributed by atoms with Crippen molar-refractivity contribution in [3.8, 4) is 0 Å². The summed E-state index contributed by atoms with van der Waals surface area (Å²) in [5, 5.41) is 0.740. The topological polar surface area (TPSA) is 0 Å². The molecule has 14 heavy (non-hydrogen) atoms. The lowest BCUT2D eigenvalue weighted by Crippen LogP contribution is -2.15. The largest absolute Gasteiger partial charge is 0.122 e. The number of alkyl halides is 1. The van der Waals surface area contributed by atoms with Crippen LogP contribution in [0.25, 0.3) is 0 Å². The Kier molecular flexibility index (Phi) is 3.90. The van der Waals surface area contributed by atoms with Crippen molar-refractivity contribution in [2.45, 2.75) is 32.1 Å². The maximum atomic E-state index is 6.06. The average Bonchev–Trinajstić information content (AvgIpc) is 2.07. The van der Waals surface area contributed by atoms with Gasteiger partial charge in [-0.15, -0.1) is 11.6 Å². The third-order valence-corrected chi connectivity index (χ3v) is 3.73. The summed E-state index contributed by atoms with van der Waals surface area (Å²) in [4.78, 5) is 0. The summed E-state index contributed by atoms with van der Waals surface area (Å²) in [5.74, 6) is 0.516. The smallest absolute Gasteiger partial charge is 0.0551 e. The van der Waals surface area contributed by atoms with Crippen LogP contribution in [0, 0.1) is 0 Å². The van der Waals surface area contributed by atoms with Crippen molar-refractivity contribution in [3.05, 3.63) is 32.8 Å². The van der Waals surface area contributed by atoms with E-state index in [0.717, 1.165) is 15.1 Å². The molecule has 1 rings (SSSR count). The molecule has 3 heteroatoms. The van der Waals surface area contributed by atoms with Crippen molar-refractivity contribution >= 4 is 39.1 Å². The minimum absolute atomic E-state index is 0.0496. The molecule has 0 aliphatic heterocycles. The minimum Gasteiger partial charge on any atom is -0.122 e. The Morgan fingerprint density at radius 2 is 1.86 bits per heavy atom. The number of hydrogen-bond acceptors (Lipinski definition) is 0. The summed E-state index contributed by atoms with van der Waals surface area (Å²) in [5.41, 5.74) is 2.38. The molecular weight excluding hydrogens is 283 g/mol. The SMILES string of the molecule is CC(C)(C)c1c(CCl)ccc(Cl)c1Br. The van der Waals surface area contributed by atoms with Crippen LogP contribution in [0.2, 0.25) is 5.02 Å². The van der Waals surface area contributed by atoms with E-state index < -0.39 is 0 Å². The van der Waals surface area contributed by atoms with E-state index in [4.69, 9.17) is 23.2 Å². The molecule has 0 fully saturated rings. The van der Waals surface area contributed by atoms with Crippen LogP contribution in [-0.4, -0.2) is 0 Å². The molecule has 0 saturated carbocycles. The summed E-state index contributed by atoms with van der Waals surface area (Å²) >= 11 is 15.5. The van der Waals surface area contributed by atoms with Gasteiger partial charge in [0, 0.05) is 10.4 Å². The molecule has 0 aliphatic carbocycles. The van der Waals surface area contributed by atoms with Crippen molar-refractivity contribution < 1.29 is 0 Å². The van der Waals surface area contributed by atoms with E-state index >= 15 is 0 Å². The predicted molar refractivity (Wildman–Crippen MR) is 67.4 cm³/mol. The monoisotopic (exact) mass is 294 g/mol. The van der Waals surface area contributed by atoms with E-state index in [9.17, 15) is 0 Å². The van der Waals surface area contributed by atoms with Crippen LogP contribution in [0.15, 0.2) is 16.6 Å². The molecule has 0 bridgehead atoms. The zero-order valence-electron chi connectivity index (χ0n) is 8.50. The number of rotatable bonds is 1. The van der Waals surface area contributed by atoms with Crippen LogP contribution >= 0.6 is 39.1 Å². The Balaban J connectivity index is 3.44. The highest BCUT2D eigenvalue weighted by atomic mass is 79.9. The van der Waals surface area contributed by atoms with Crippen LogP contribution in [0.1, 0.15) is 31.9 Å². The van der Waals surface area contributed by atoms with Gasteiger partial charge in [-0.05, 0) is 38.5 Å². The third-order valence-electron chi connectivity index (χ3n) is 2.08. The van der Waals surface area contributed by atoms with Crippen LogP contribution in [-0.2, 0) is 11.3 Å². The minimum atomic E-state index is 0.0496. The number of hydrogen-bond donors (Lipinski definition) is 0. The van der Waals surface area contributed by atoms with E-state index in [-0.39, 0.29) is 5.41 Å². The second-order valence-electron chi connectivity index (χ2n) is 4.28. The highest BCUT2D eigenvalue weighted by Gasteiger charge is 2.22. The van der Waals surface area contributed by atoms with Crippen LogP contribution in [0.3, 0.4) is 0 Å². The first-order valence-electron chi connectivity index (χ1n) is 4.41. The zero-order valence-corrected chi connectivity index (χ0v) is 11.6. The summed E-state index contributed by atoms with van der Waals surface area (Å²) in [6.45, 7) is 6.46. The third kappa shape index (κ3) is 2.44. The normalized spacial score (nSPS) is 11.9. The molecule has 78 valence electrons. The van der Waals surface area contributed by atoms with Gasteiger partial charge in [0.1, 0.15) is 0 Å². The summed E-state index contributed by atoms with van der Waals surface area (Å²) in [6.07, 6.45) is 0. The molecule has 0 heterocycles. The Bertz CT molecular complexity index is 340. The molecule has 0 nitrogen and oxygen atoms in total. The maximum absolute atomic E-state index is 6.06. The fourth-order valence-electron chi connectivity index (χ4n) is 1.51. The van der Waals surface area contributed by atoms with Crippen LogP contribution in [0.4, 0.5) is 0 Å². The summed E-state index contributed by atoms with van der Waals surface area (Å²) in [6, 6.07) is 3.86. The van der Waals surface area contributed by atoms with E-state index in [0.29, 0.717) is 5.88 Å². The van der Waals surface area contributed by atoms with Gasteiger partial charge in [-0.2, -0.15) is 0 Å². The van der Waals surface area contributed by atoms with E-state index in [2.05, 4.69) is 36.7 Å². The van der Waals surface area contributed by atoms with Gasteiger partial charge in [0.2, 0.25) is 0 Å². The first kappa shape index (κ1) is 12.4. The van der Waals surface area contributed by atoms with Crippen LogP contribution in [0.5, 0.6) is 0 Å². The molecule has 0 N–H and O–H groups in total. The van der Waals surface area contributed by atoms with Gasteiger partial charge in [0.05, 0.1) is 5.02 Å². The zero-order chi connectivity index (χ0) is 10.9. The molecule has 0 atom stereocenters. The van der Waals surface area contributed by atoms with Crippen molar-refractivity contribution in [1.82, 2.24) is 0 Å². The maximum Gasteiger partial charge on any atom is 0.0551 e. The Morgan fingerprint density at radius 1 is 1.29 bits per heavy atom. The second-order valence-corrected chi connectivity index (χ2v) is 5.75.